The van der Waals surface area contributed by atoms with Gasteiger partial charge in [0.15, 0.2) is 5.41 Å². The van der Waals surface area contributed by atoms with Crippen molar-refractivity contribution in [2.45, 2.75) is 11.8 Å². The SMILES string of the molecule is N#C[C@]12C(N)=NC3(OCCO3)[C@@]1(C#N)[C@H]2c1ccc(F)cc1. The Morgan fingerprint density at radius 3 is 2.36 bits per heavy atom. The number of hydrogen-bond donors (Lipinski definition) is 1. The van der Waals surface area contributed by atoms with Gasteiger partial charge in [0.1, 0.15) is 17.1 Å². The number of nitrogens with two attached hydrogens (primary N) is 1. The molecule has 1 aliphatic carbocycles. The van der Waals surface area contributed by atoms with Crippen molar-refractivity contribution in [3.63, 3.8) is 0 Å². The molecule has 4 rings (SSSR count). The van der Waals surface area contributed by atoms with Crippen molar-refractivity contribution in [1.82, 2.24) is 0 Å². The third-order valence-electron chi connectivity index (χ3n) is 4.81. The smallest absolute Gasteiger partial charge is 0.293 e. The Balaban J connectivity index is 1.92. The van der Waals surface area contributed by atoms with Crippen LogP contribution in [-0.2, 0) is 9.47 Å². The van der Waals surface area contributed by atoms with Gasteiger partial charge < -0.3 is 15.2 Å². The summed E-state index contributed by atoms with van der Waals surface area (Å²) in [4.78, 5) is 4.16. The highest BCUT2D eigenvalue weighted by Gasteiger charge is 2.94. The molecule has 110 valence electrons. The normalized spacial score (nSPS) is 37.2. The monoisotopic (exact) mass is 298 g/mol. The van der Waals surface area contributed by atoms with E-state index in [9.17, 15) is 14.9 Å². The lowest BCUT2D eigenvalue weighted by Crippen LogP contribution is -2.38. The molecule has 0 amide bonds. The first kappa shape index (κ1) is 13.2. The van der Waals surface area contributed by atoms with Crippen LogP contribution in [0.5, 0.6) is 0 Å². The number of halogens is 1. The van der Waals surface area contributed by atoms with Crippen molar-refractivity contribution < 1.29 is 13.9 Å². The minimum atomic E-state index is -1.54. The van der Waals surface area contributed by atoms with Gasteiger partial charge in [-0.2, -0.15) is 10.5 Å². The molecule has 2 N–H and O–H groups in total. The lowest BCUT2D eigenvalue weighted by Gasteiger charge is -2.25. The zero-order valence-corrected chi connectivity index (χ0v) is 11.4. The minimum Gasteiger partial charge on any atom is -0.386 e. The zero-order chi connectivity index (χ0) is 15.6. The number of benzene rings is 1. The quantitative estimate of drug-likeness (QED) is 0.833. The molecule has 6 nitrogen and oxygen atoms in total. The highest BCUT2D eigenvalue weighted by atomic mass is 19.1. The Bertz CT molecular complexity index is 772. The maximum atomic E-state index is 13.2. The molecule has 1 spiro atoms. The van der Waals surface area contributed by atoms with Gasteiger partial charge >= 0.3 is 0 Å². The molecule has 0 radical (unpaired) electrons. The van der Waals surface area contributed by atoms with E-state index >= 15 is 0 Å². The van der Waals surface area contributed by atoms with Gasteiger partial charge in [-0.1, -0.05) is 12.1 Å². The van der Waals surface area contributed by atoms with Crippen LogP contribution < -0.4 is 5.73 Å². The average molecular weight is 298 g/mol. The van der Waals surface area contributed by atoms with E-state index in [1.54, 1.807) is 12.1 Å². The Kier molecular flexibility index (Phi) is 2.30. The van der Waals surface area contributed by atoms with Crippen molar-refractivity contribution in [2.24, 2.45) is 21.6 Å². The summed E-state index contributed by atoms with van der Waals surface area (Å²) >= 11 is 0. The van der Waals surface area contributed by atoms with E-state index in [0.717, 1.165) is 0 Å². The summed E-state index contributed by atoms with van der Waals surface area (Å²) in [6.07, 6.45) is 0. The Morgan fingerprint density at radius 1 is 1.18 bits per heavy atom. The highest BCUT2D eigenvalue weighted by Crippen LogP contribution is 2.82. The van der Waals surface area contributed by atoms with Crippen LogP contribution in [0.1, 0.15) is 11.5 Å². The molecule has 1 aromatic rings. The number of nitriles is 2. The number of rotatable bonds is 1. The molecule has 3 atom stereocenters. The van der Waals surface area contributed by atoms with E-state index in [-0.39, 0.29) is 19.0 Å². The molecule has 0 unspecified atom stereocenters. The Hall–Kier alpha value is -2.48. The highest BCUT2D eigenvalue weighted by molar-refractivity contribution is 6.00. The minimum absolute atomic E-state index is 0.0350. The maximum absolute atomic E-state index is 13.2. The molecule has 22 heavy (non-hydrogen) atoms. The van der Waals surface area contributed by atoms with Crippen molar-refractivity contribution in [1.29, 1.82) is 10.5 Å². The van der Waals surface area contributed by atoms with Gasteiger partial charge in [0.2, 0.25) is 0 Å². The Morgan fingerprint density at radius 2 is 1.82 bits per heavy atom. The lowest BCUT2D eigenvalue weighted by atomic mass is 9.94. The molecule has 1 aromatic carbocycles. The number of amidine groups is 1. The van der Waals surface area contributed by atoms with Gasteiger partial charge in [0, 0.05) is 5.92 Å². The number of aliphatic imine (C=N–C) groups is 1. The summed E-state index contributed by atoms with van der Waals surface area (Å²) in [5, 5.41) is 19.5. The Labute approximate surface area is 125 Å². The fourth-order valence-electron chi connectivity index (χ4n) is 3.87. The molecule has 2 fully saturated rings. The zero-order valence-electron chi connectivity index (χ0n) is 11.4. The number of fused-ring (bicyclic) bond motifs is 2. The van der Waals surface area contributed by atoms with Crippen LogP contribution in [0, 0.1) is 39.3 Å². The largest absolute Gasteiger partial charge is 0.386 e. The number of ether oxygens (including phenoxy) is 2. The van der Waals surface area contributed by atoms with Crippen molar-refractivity contribution in [2.75, 3.05) is 13.2 Å². The topological polar surface area (TPSA) is 104 Å². The van der Waals surface area contributed by atoms with Gasteiger partial charge in [0.25, 0.3) is 5.91 Å². The van der Waals surface area contributed by atoms with Gasteiger partial charge in [-0.05, 0) is 17.7 Å². The number of hydrogen-bond acceptors (Lipinski definition) is 6. The lowest BCUT2D eigenvalue weighted by molar-refractivity contribution is -0.184. The summed E-state index contributed by atoms with van der Waals surface area (Å²) < 4.78 is 24.3. The van der Waals surface area contributed by atoms with Crippen LogP contribution >= 0.6 is 0 Å². The summed E-state index contributed by atoms with van der Waals surface area (Å²) in [6, 6.07) is 9.98. The molecule has 1 saturated heterocycles. The van der Waals surface area contributed by atoms with Gasteiger partial charge in [-0.15, -0.1) is 0 Å². The van der Waals surface area contributed by atoms with Crippen molar-refractivity contribution in [3.05, 3.63) is 35.6 Å². The van der Waals surface area contributed by atoms with Crippen molar-refractivity contribution in [3.8, 4) is 12.1 Å². The molecule has 0 aromatic heterocycles. The fourth-order valence-corrected chi connectivity index (χ4v) is 3.87. The second-order valence-corrected chi connectivity index (χ2v) is 5.60. The first-order chi connectivity index (χ1) is 10.6. The van der Waals surface area contributed by atoms with Gasteiger partial charge in [-0.3, -0.25) is 0 Å². The third-order valence-corrected chi connectivity index (χ3v) is 4.81. The van der Waals surface area contributed by atoms with E-state index in [1.807, 2.05) is 0 Å². The molecule has 0 bridgehead atoms. The summed E-state index contributed by atoms with van der Waals surface area (Å²) in [5.41, 5.74) is 3.98. The molecule has 1 saturated carbocycles. The van der Waals surface area contributed by atoms with Crippen LogP contribution in [0.3, 0.4) is 0 Å². The standard InChI is InChI=1S/C15H11FN4O2/c16-10-3-1-9(2-4-10)11-13(7-17)12(19)20-15(14(11,13)8-18)21-5-6-22-15/h1-4,11H,5-6H2,(H2,19,20)/t11-,13-,14-/m0/s1. The van der Waals surface area contributed by atoms with Gasteiger partial charge in [-0.25, -0.2) is 9.38 Å². The maximum Gasteiger partial charge on any atom is 0.293 e. The summed E-state index contributed by atoms with van der Waals surface area (Å²) in [5.74, 6) is -2.46. The predicted octanol–water partition coefficient (Wildman–Crippen LogP) is 1.01. The molecule has 7 heteroatoms. The van der Waals surface area contributed by atoms with E-state index in [2.05, 4.69) is 17.1 Å². The fraction of sp³-hybridized carbons (Fsp3) is 0.400. The van der Waals surface area contributed by atoms with Crippen LogP contribution in [-0.4, -0.2) is 25.0 Å². The average Bonchev–Trinajstić information content (AvgIpc) is 2.77. The van der Waals surface area contributed by atoms with Crippen LogP contribution in [0.25, 0.3) is 0 Å². The second-order valence-electron chi connectivity index (χ2n) is 5.60. The summed E-state index contributed by atoms with van der Waals surface area (Å²) in [6.45, 7) is 0.551. The second kappa shape index (κ2) is 3.83. The van der Waals surface area contributed by atoms with E-state index in [4.69, 9.17) is 15.2 Å². The van der Waals surface area contributed by atoms with E-state index in [0.29, 0.717) is 5.56 Å². The van der Waals surface area contributed by atoms with Crippen LogP contribution in [0.4, 0.5) is 4.39 Å². The molecular weight excluding hydrogens is 287 g/mol. The third kappa shape index (κ3) is 1.11. The first-order valence-corrected chi connectivity index (χ1v) is 6.80. The summed E-state index contributed by atoms with van der Waals surface area (Å²) in [7, 11) is 0. The molecule has 2 heterocycles. The van der Waals surface area contributed by atoms with Crippen LogP contribution in [0.15, 0.2) is 29.3 Å². The number of nitrogens with zero attached hydrogens (tertiary/aromatic N) is 3. The van der Waals surface area contributed by atoms with Crippen LogP contribution in [0.2, 0.25) is 0 Å². The molecule has 3 aliphatic rings. The predicted molar refractivity (Wildman–Crippen MR) is 71.5 cm³/mol. The first-order valence-electron chi connectivity index (χ1n) is 6.80. The van der Waals surface area contributed by atoms with Crippen molar-refractivity contribution >= 4 is 5.84 Å². The van der Waals surface area contributed by atoms with Gasteiger partial charge in [0.05, 0.1) is 25.4 Å². The van der Waals surface area contributed by atoms with E-state index in [1.165, 1.54) is 12.1 Å². The van der Waals surface area contributed by atoms with E-state index < -0.39 is 28.5 Å². The molecular formula is C15H11FN4O2. The molecule has 2 aliphatic heterocycles.